The second kappa shape index (κ2) is 7.06. The van der Waals surface area contributed by atoms with Gasteiger partial charge in [0.05, 0.1) is 12.8 Å². The average Bonchev–Trinajstić information content (AvgIpc) is 2.61. The van der Waals surface area contributed by atoms with Crippen LogP contribution in [0.1, 0.15) is 0 Å². The fraction of sp³-hybridized carbons (Fsp3) is 0.0588. The molecule has 0 aliphatic carbocycles. The van der Waals surface area contributed by atoms with Gasteiger partial charge in [-0.15, -0.1) is 0 Å². The molecule has 1 heterocycles. The number of nitrogens with one attached hydrogen (secondary N) is 2. The second-order valence-corrected chi connectivity index (χ2v) is 5.38. The van der Waals surface area contributed by atoms with Crippen LogP contribution in [-0.4, -0.2) is 17.1 Å². The number of benzene rings is 2. The molecule has 0 bridgehead atoms. The van der Waals surface area contributed by atoms with Crippen LogP contribution in [0.4, 0.5) is 28.7 Å². The molecule has 0 aliphatic rings. The molecule has 3 rings (SSSR count). The lowest BCUT2D eigenvalue weighted by Gasteiger charge is -2.14. The zero-order valence-corrected chi connectivity index (χ0v) is 13.7. The Kier molecular flexibility index (Phi) is 4.67. The molecule has 2 aromatic carbocycles. The third-order valence-corrected chi connectivity index (χ3v) is 3.60. The maximum absolute atomic E-state index is 6.18. The quantitative estimate of drug-likeness (QED) is 0.644. The summed E-state index contributed by atoms with van der Waals surface area (Å²) in [6, 6.07) is 14.8. The molecule has 24 heavy (non-hydrogen) atoms. The summed E-state index contributed by atoms with van der Waals surface area (Å²) < 4.78 is 5.32. The molecule has 1 aromatic heterocycles. The van der Waals surface area contributed by atoms with Crippen LogP contribution in [0.5, 0.6) is 5.75 Å². The molecule has 3 aromatic rings. The number of ether oxygens (including phenoxy) is 1. The number of hydrogen-bond acceptors (Lipinski definition) is 6. The fourth-order valence-corrected chi connectivity index (χ4v) is 2.27. The standard InChI is InChI=1S/C17H16ClN5O/c1-24-14-5-3-2-4-13(14)23-17-15(19)16(20-10-21-17)22-12-8-6-11(18)7-9-12/h2-10H,19H2,1H3,(H2,20,21,22,23). The highest BCUT2D eigenvalue weighted by atomic mass is 35.5. The fourth-order valence-electron chi connectivity index (χ4n) is 2.14. The molecule has 0 saturated carbocycles. The van der Waals surface area contributed by atoms with Crippen LogP contribution in [-0.2, 0) is 0 Å². The second-order valence-electron chi connectivity index (χ2n) is 4.94. The van der Waals surface area contributed by atoms with Crippen LogP contribution in [0.2, 0.25) is 5.02 Å². The molecule has 4 N–H and O–H groups in total. The summed E-state index contributed by atoms with van der Waals surface area (Å²) in [5.41, 5.74) is 8.18. The number of nitrogens with two attached hydrogens (primary N) is 1. The molecule has 0 saturated heterocycles. The van der Waals surface area contributed by atoms with Crippen molar-refractivity contribution in [2.45, 2.75) is 0 Å². The first-order valence-electron chi connectivity index (χ1n) is 7.20. The Balaban J connectivity index is 1.86. The van der Waals surface area contributed by atoms with E-state index in [4.69, 9.17) is 22.1 Å². The first-order chi connectivity index (χ1) is 11.7. The highest BCUT2D eigenvalue weighted by Crippen LogP contribution is 2.31. The number of aromatic nitrogens is 2. The molecule has 0 fully saturated rings. The van der Waals surface area contributed by atoms with Gasteiger partial charge in [-0.05, 0) is 36.4 Å². The zero-order chi connectivity index (χ0) is 16.9. The van der Waals surface area contributed by atoms with Gasteiger partial charge in [-0.25, -0.2) is 9.97 Å². The molecular formula is C17H16ClN5O. The Hall–Kier alpha value is -2.99. The van der Waals surface area contributed by atoms with Crippen molar-refractivity contribution in [3.63, 3.8) is 0 Å². The SMILES string of the molecule is COc1ccccc1Nc1ncnc(Nc2ccc(Cl)cc2)c1N. The average molecular weight is 342 g/mol. The number of nitrogens with zero attached hydrogens (tertiary/aromatic N) is 2. The van der Waals surface area contributed by atoms with E-state index in [0.717, 1.165) is 11.4 Å². The molecule has 0 atom stereocenters. The lowest BCUT2D eigenvalue weighted by Crippen LogP contribution is -2.05. The Morgan fingerprint density at radius 1 is 0.958 bits per heavy atom. The summed E-state index contributed by atoms with van der Waals surface area (Å²) in [4.78, 5) is 8.39. The summed E-state index contributed by atoms with van der Waals surface area (Å²) >= 11 is 5.89. The molecular weight excluding hydrogens is 326 g/mol. The van der Waals surface area contributed by atoms with Crippen molar-refractivity contribution in [1.82, 2.24) is 9.97 Å². The van der Waals surface area contributed by atoms with Crippen molar-refractivity contribution in [2.75, 3.05) is 23.5 Å². The van der Waals surface area contributed by atoms with Gasteiger partial charge in [0, 0.05) is 10.7 Å². The molecule has 7 heteroatoms. The van der Waals surface area contributed by atoms with Crippen molar-refractivity contribution in [3.05, 3.63) is 59.9 Å². The van der Waals surface area contributed by atoms with Crippen LogP contribution in [0.25, 0.3) is 0 Å². The van der Waals surface area contributed by atoms with Crippen molar-refractivity contribution in [3.8, 4) is 5.75 Å². The number of hydrogen-bond donors (Lipinski definition) is 3. The third-order valence-electron chi connectivity index (χ3n) is 3.35. The van der Waals surface area contributed by atoms with Crippen LogP contribution in [0.3, 0.4) is 0 Å². The van der Waals surface area contributed by atoms with Gasteiger partial charge in [-0.2, -0.15) is 0 Å². The Morgan fingerprint density at radius 2 is 1.62 bits per heavy atom. The largest absolute Gasteiger partial charge is 0.495 e. The molecule has 0 amide bonds. The summed E-state index contributed by atoms with van der Waals surface area (Å²) in [6.07, 6.45) is 1.44. The van der Waals surface area contributed by atoms with Gasteiger partial charge >= 0.3 is 0 Å². The van der Waals surface area contributed by atoms with Gasteiger partial charge in [-0.1, -0.05) is 23.7 Å². The van der Waals surface area contributed by atoms with E-state index in [1.807, 2.05) is 36.4 Å². The van der Waals surface area contributed by atoms with E-state index >= 15 is 0 Å². The van der Waals surface area contributed by atoms with Crippen LogP contribution in [0.15, 0.2) is 54.9 Å². The van der Waals surface area contributed by atoms with Crippen molar-refractivity contribution in [1.29, 1.82) is 0 Å². The summed E-state index contributed by atoms with van der Waals surface area (Å²) in [5, 5.41) is 6.97. The van der Waals surface area contributed by atoms with E-state index in [9.17, 15) is 0 Å². The number of rotatable bonds is 5. The molecule has 0 spiro atoms. The van der Waals surface area contributed by atoms with E-state index in [1.165, 1.54) is 6.33 Å². The molecule has 0 radical (unpaired) electrons. The van der Waals surface area contributed by atoms with E-state index in [2.05, 4.69) is 20.6 Å². The normalized spacial score (nSPS) is 10.2. The monoisotopic (exact) mass is 341 g/mol. The predicted octanol–water partition coefficient (Wildman–Crippen LogP) is 4.21. The molecule has 0 unspecified atom stereocenters. The van der Waals surface area contributed by atoms with E-state index in [0.29, 0.717) is 28.1 Å². The highest BCUT2D eigenvalue weighted by molar-refractivity contribution is 6.30. The molecule has 0 aliphatic heterocycles. The maximum atomic E-state index is 6.18. The van der Waals surface area contributed by atoms with Crippen LogP contribution in [0, 0.1) is 0 Å². The maximum Gasteiger partial charge on any atom is 0.159 e. The number of anilines is 5. The van der Waals surface area contributed by atoms with E-state index in [-0.39, 0.29) is 0 Å². The van der Waals surface area contributed by atoms with Gasteiger partial charge in [-0.3, -0.25) is 0 Å². The minimum atomic E-state index is 0.401. The Labute approximate surface area is 144 Å². The Bertz CT molecular complexity index is 839. The van der Waals surface area contributed by atoms with Gasteiger partial charge in [0.2, 0.25) is 0 Å². The minimum Gasteiger partial charge on any atom is -0.495 e. The molecule has 122 valence electrons. The van der Waals surface area contributed by atoms with E-state index < -0.39 is 0 Å². The number of methoxy groups -OCH3 is 1. The predicted molar refractivity (Wildman–Crippen MR) is 97.5 cm³/mol. The van der Waals surface area contributed by atoms with Gasteiger partial charge in [0.1, 0.15) is 17.8 Å². The van der Waals surface area contributed by atoms with Crippen molar-refractivity contribution >= 4 is 40.3 Å². The van der Waals surface area contributed by atoms with Crippen LogP contribution >= 0.6 is 11.6 Å². The topological polar surface area (TPSA) is 85.1 Å². The summed E-state index contributed by atoms with van der Waals surface area (Å²) in [6.45, 7) is 0. The van der Waals surface area contributed by atoms with E-state index in [1.54, 1.807) is 19.2 Å². The zero-order valence-electron chi connectivity index (χ0n) is 13.0. The van der Waals surface area contributed by atoms with Gasteiger partial charge in [0.25, 0.3) is 0 Å². The number of halogens is 1. The van der Waals surface area contributed by atoms with Crippen LogP contribution < -0.4 is 21.1 Å². The van der Waals surface area contributed by atoms with Crippen molar-refractivity contribution < 1.29 is 4.74 Å². The summed E-state index contributed by atoms with van der Waals surface area (Å²) in [7, 11) is 1.61. The number of para-hydroxylation sites is 2. The van der Waals surface area contributed by atoms with Gasteiger partial charge < -0.3 is 21.1 Å². The Morgan fingerprint density at radius 3 is 2.33 bits per heavy atom. The smallest absolute Gasteiger partial charge is 0.159 e. The first kappa shape index (κ1) is 15.9. The minimum absolute atomic E-state index is 0.401. The van der Waals surface area contributed by atoms with Crippen molar-refractivity contribution in [2.24, 2.45) is 0 Å². The lowest BCUT2D eigenvalue weighted by atomic mass is 10.3. The summed E-state index contributed by atoms with van der Waals surface area (Å²) in [5.74, 6) is 1.69. The lowest BCUT2D eigenvalue weighted by molar-refractivity contribution is 0.417. The number of nitrogen functional groups attached to an aromatic ring is 1. The molecule has 6 nitrogen and oxygen atoms in total. The third kappa shape index (κ3) is 3.49. The highest BCUT2D eigenvalue weighted by Gasteiger charge is 2.10. The van der Waals surface area contributed by atoms with Gasteiger partial charge in [0.15, 0.2) is 11.6 Å². The first-order valence-corrected chi connectivity index (χ1v) is 7.58.